The predicted octanol–water partition coefficient (Wildman–Crippen LogP) is -0.742. The summed E-state index contributed by atoms with van der Waals surface area (Å²) in [5, 5.41) is 5.89. The van der Waals surface area contributed by atoms with Crippen LogP contribution in [0, 0.1) is 0 Å². The van der Waals surface area contributed by atoms with Crippen molar-refractivity contribution in [2.45, 2.75) is 0 Å². The van der Waals surface area contributed by atoms with Gasteiger partial charge in [-0.05, 0) is 49.4 Å². The van der Waals surface area contributed by atoms with Gasteiger partial charge in [0, 0.05) is 16.8 Å². The van der Waals surface area contributed by atoms with Crippen LogP contribution in [-0.4, -0.2) is 12.3 Å². The van der Waals surface area contributed by atoms with Gasteiger partial charge in [-0.1, -0.05) is 121 Å². The molecule has 0 fully saturated rings. The molecule has 0 heterocycles. The van der Waals surface area contributed by atoms with Crippen LogP contribution in [0.4, 0.5) is 0 Å². The van der Waals surface area contributed by atoms with Crippen LogP contribution in [0.15, 0.2) is 121 Å². The Kier molecular flexibility index (Phi) is 13.3. The van der Waals surface area contributed by atoms with Crippen molar-refractivity contribution in [1.82, 2.24) is 0 Å². The first kappa shape index (κ1) is 27.9. The van der Waals surface area contributed by atoms with Crippen LogP contribution in [0.25, 0.3) is 0 Å². The second-order valence-electron chi connectivity index (χ2n) is 6.65. The van der Waals surface area contributed by atoms with Gasteiger partial charge >= 0.3 is 0 Å². The molecule has 0 aliphatic carbocycles. The van der Waals surface area contributed by atoms with E-state index in [1.165, 1.54) is 33.5 Å². The third kappa shape index (κ3) is 7.72. The van der Waals surface area contributed by atoms with E-state index < -0.39 is 0 Å². The molecule has 0 aliphatic rings. The fraction of sp³-hybridized carbons (Fsp3) is 0.0769. The molecule has 0 bridgehead atoms. The zero-order valence-corrected chi connectivity index (χ0v) is 21.3. The average Bonchev–Trinajstić information content (AvgIpc) is 2.79. The van der Waals surface area contributed by atoms with Gasteiger partial charge in [0.1, 0.15) is 0 Å². The van der Waals surface area contributed by atoms with Gasteiger partial charge in [-0.25, -0.2) is 0 Å². The Balaban J connectivity index is 0.00000160. The topological polar surface area (TPSA) is 0 Å². The first-order valence-corrected chi connectivity index (χ1v) is 12.7. The minimum absolute atomic E-state index is 0. The largest absolute Gasteiger partial charge is 1.00 e. The van der Waals surface area contributed by atoms with Gasteiger partial charge in [-0.15, -0.1) is 0 Å². The zero-order valence-electron chi connectivity index (χ0n) is 16.9. The van der Waals surface area contributed by atoms with Gasteiger partial charge in [0.2, 0.25) is 0 Å². The van der Waals surface area contributed by atoms with Crippen molar-refractivity contribution in [2.24, 2.45) is 0 Å². The number of halogens is 2. The Bertz CT molecular complexity index is 809. The molecule has 4 aromatic carbocycles. The molecular formula is C26H24Cl2CoP2-2. The van der Waals surface area contributed by atoms with Crippen molar-refractivity contribution in [3.8, 4) is 0 Å². The van der Waals surface area contributed by atoms with Crippen molar-refractivity contribution in [1.29, 1.82) is 0 Å². The molecular weight excluding hydrogens is 504 g/mol. The molecule has 0 N–H and O–H groups in total. The third-order valence-electron chi connectivity index (χ3n) is 4.82. The molecule has 0 aromatic heterocycles. The molecule has 31 heavy (non-hydrogen) atoms. The average molecular weight is 528 g/mol. The van der Waals surface area contributed by atoms with Gasteiger partial charge in [0.25, 0.3) is 0 Å². The van der Waals surface area contributed by atoms with Gasteiger partial charge in [0.15, 0.2) is 0 Å². The van der Waals surface area contributed by atoms with Gasteiger partial charge < -0.3 is 24.8 Å². The predicted molar refractivity (Wildman–Crippen MR) is 128 cm³/mol. The molecule has 4 aromatic rings. The molecule has 0 aliphatic heterocycles. The second kappa shape index (κ2) is 14.8. The van der Waals surface area contributed by atoms with E-state index >= 15 is 0 Å². The molecule has 4 rings (SSSR count). The quantitative estimate of drug-likeness (QED) is 0.278. The van der Waals surface area contributed by atoms with Crippen LogP contribution in [0.1, 0.15) is 0 Å². The van der Waals surface area contributed by atoms with Crippen LogP contribution >= 0.6 is 15.8 Å². The fourth-order valence-corrected chi connectivity index (χ4v) is 8.80. The summed E-state index contributed by atoms with van der Waals surface area (Å²) in [5.74, 6) is 0. The van der Waals surface area contributed by atoms with Crippen LogP contribution in [0.2, 0.25) is 0 Å². The molecule has 0 saturated carbocycles. The van der Waals surface area contributed by atoms with E-state index in [4.69, 9.17) is 0 Å². The standard InChI is InChI=1S/C26H24P2.2ClH.Co/c1-5-13-23(14-6-1)27(24-15-7-2-8-16-24)21-22-28(25-17-9-3-10-18-25)26-19-11-4-12-20-26;;;/h1-20H,21-22H2;2*1H;/p-2. The van der Waals surface area contributed by atoms with E-state index in [0.29, 0.717) is 0 Å². The smallest absolute Gasteiger partial charge is 0 e. The van der Waals surface area contributed by atoms with Crippen molar-refractivity contribution < 1.29 is 41.6 Å². The molecule has 1 radical (unpaired) electrons. The van der Waals surface area contributed by atoms with Crippen LogP contribution in [0.3, 0.4) is 0 Å². The molecule has 0 atom stereocenters. The summed E-state index contributed by atoms with van der Waals surface area (Å²) >= 11 is 0. The van der Waals surface area contributed by atoms with E-state index in [1.54, 1.807) is 0 Å². The number of benzene rings is 4. The number of hydrogen-bond acceptors (Lipinski definition) is 0. The Morgan fingerprint density at radius 3 is 0.742 bits per heavy atom. The van der Waals surface area contributed by atoms with Crippen molar-refractivity contribution in [2.75, 3.05) is 12.3 Å². The van der Waals surface area contributed by atoms with E-state index in [-0.39, 0.29) is 57.4 Å². The summed E-state index contributed by atoms with van der Waals surface area (Å²) in [4.78, 5) is 0. The molecule has 0 amide bonds. The maximum Gasteiger partial charge on any atom is 0 e. The summed E-state index contributed by atoms with van der Waals surface area (Å²) < 4.78 is 0. The van der Waals surface area contributed by atoms with Crippen LogP contribution in [-0.2, 0) is 16.8 Å². The zero-order chi connectivity index (χ0) is 19.0. The van der Waals surface area contributed by atoms with Crippen molar-refractivity contribution >= 4 is 37.1 Å². The fourth-order valence-electron chi connectivity index (χ4n) is 3.45. The molecule has 0 saturated heterocycles. The first-order chi connectivity index (χ1) is 13.9. The summed E-state index contributed by atoms with van der Waals surface area (Å²) in [6, 6.07) is 44.2. The maximum atomic E-state index is 2.30. The summed E-state index contributed by atoms with van der Waals surface area (Å²) in [6.45, 7) is 0. The number of rotatable bonds is 7. The van der Waals surface area contributed by atoms with E-state index in [0.717, 1.165) is 0 Å². The van der Waals surface area contributed by atoms with E-state index in [2.05, 4.69) is 121 Å². The maximum absolute atomic E-state index is 2.30. The van der Waals surface area contributed by atoms with Crippen LogP contribution in [0.5, 0.6) is 0 Å². The van der Waals surface area contributed by atoms with Gasteiger partial charge in [0.05, 0.1) is 0 Å². The van der Waals surface area contributed by atoms with Gasteiger partial charge in [-0.2, -0.15) is 0 Å². The minimum Gasteiger partial charge on any atom is -1.00 e. The normalized spacial score (nSPS) is 10.0. The first-order valence-electron chi connectivity index (χ1n) is 9.67. The summed E-state index contributed by atoms with van der Waals surface area (Å²) in [6.07, 6.45) is 2.41. The van der Waals surface area contributed by atoms with E-state index in [9.17, 15) is 0 Å². The van der Waals surface area contributed by atoms with Crippen molar-refractivity contribution in [3.63, 3.8) is 0 Å². The van der Waals surface area contributed by atoms with Crippen LogP contribution < -0.4 is 46.0 Å². The van der Waals surface area contributed by atoms with E-state index in [1.807, 2.05) is 0 Å². The third-order valence-corrected chi connectivity index (χ3v) is 10.2. The molecule has 0 unspecified atom stereocenters. The van der Waals surface area contributed by atoms with Crippen molar-refractivity contribution in [3.05, 3.63) is 121 Å². The second-order valence-corrected chi connectivity index (χ2v) is 11.3. The molecule has 5 heteroatoms. The van der Waals surface area contributed by atoms with Gasteiger partial charge in [-0.3, -0.25) is 0 Å². The number of hydrogen-bond donors (Lipinski definition) is 0. The monoisotopic (exact) mass is 527 g/mol. The minimum atomic E-state index is -0.348. The molecule has 163 valence electrons. The SMILES string of the molecule is [Cl-].[Cl-].[Co].c1ccc(P(CCP(c2ccccc2)c2ccccc2)c2ccccc2)cc1. The Labute approximate surface area is 211 Å². The molecule has 0 spiro atoms. The Hall–Kier alpha value is -1.17. The summed E-state index contributed by atoms with van der Waals surface area (Å²) in [5.41, 5.74) is 0. The Morgan fingerprint density at radius 2 is 0.548 bits per heavy atom. The molecule has 0 nitrogen and oxygen atoms in total. The summed E-state index contributed by atoms with van der Waals surface area (Å²) in [7, 11) is -0.696. The Morgan fingerprint density at radius 1 is 0.355 bits per heavy atom.